The van der Waals surface area contributed by atoms with Gasteiger partial charge >= 0.3 is 0 Å². The average Bonchev–Trinajstić information content (AvgIpc) is 2.20. The van der Waals surface area contributed by atoms with E-state index in [1.54, 1.807) is 24.3 Å². The van der Waals surface area contributed by atoms with E-state index in [-0.39, 0.29) is 0 Å². The van der Waals surface area contributed by atoms with Crippen molar-refractivity contribution in [3.8, 4) is 0 Å². The summed E-state index contributed by atoms with van der Waals surface area (Å²) in [6.07, 6.45) is 1.19. The Kier molecular flexibility index (Phi) is 3.74. The lowest BCUT2D eigenvalue weighted by Crippen LogP contribution is -2.23. The van der Waals surface area contributed by atoms with Gasteiger partial charge < -0.3 is 9.90 Å². The zero-order valence-electron chi connectivity index (χ0n) is 7.48. The van der Waals surface area contributed by atoms with Crippen LogP contribution in [0.25, 0.3) is 6.08 Å². The van der Waals surface area contributed by atoms with Crippen LogP contribution >= 0.6 is 11.6 Å². The van der Waals surface area contributed by atoms with Crippen LogP contribution < -0.4 is 10.0 Å². The fourth-order valence-electron chi connectivity index (χ4n) is 0.922. The highest BCUT2D eigenvalue weighted by molar-refractivity contribution is 6.32. The van der Waals surface area contributed by atoms with E-state index < -0.39 is 11.7 Å². The second-order valence-corrected chi connectivity index (χ2v) is 2.95. The molecule has 76 valence electrons. The molecule has 0 unspecified atom stereocenters. The predicted octanol–water partition coefficient (Wildman–Crippen LogP) is 0.981. The molecule has 0 aliphatic rings. The zero-order chi connectivity index (χ0) is 11.3. The van der Waals surface area contributed by atoms with Crippen LogP contribution in [0.15, 0.2) is 35.1 Å². The largest absolute Gasteiger partial charge is 0.543 e. The fourth-order valence-corrected chi connectivity index (χ4v) is 1.11. The van der Waals surface area contributed by atoms with Crippen molar-refractivity contribution in [2.45, 2.75) is 0 Å². The van der Waals surface area contributed by atoms with Crippen molar-refractivity contribution in [3.05, 3.63) is 40.5 Å². The monoisotopic (exact) mass is 223 g/mol. The number of benzene rings is 1. The topological polar surface area (TPSA) is 90.4 Å². The summed E-state index contributed by atoms with van der Waals surface area (Å²) in [5, 5.41) is 14.0. The van der Waals surface area contributed by atoms with E-state index >= 15 is 0 Å². The summed E-state index contributed by atoms with van der Waals surface area (Å²) in [5.41, 5.74) is 6.47. The Labute approximate surface area is 90.2 Å². The number of carboxylic acid groups (broad SMARTS) is 1. The van der Waals surface area contributed by atoms with Crippen LogP contribution in [-0.4, -0.2) is 5.97 Å². The van der Waals surface area contributed by atoms with E-state index in [9.17, 15) is 9.90 Å². The molecule has 0 bridgehead atoms. The molecule has 0 heterocycles. The van der Waals surface area contributed by atoms with E-state index in [1.165, 1.54) is 6.08 Å². The highest BCUT2D eigenvalue weighted by atomic mass is 35.5. The highest BCUT2D eigenvalue weighted by Crippen LogP contribution is 2.18. The van der Waals surface area contributed by atoms with Gasteiger partial charge in [-0.3, -0.25) is 0 Å². The summed E-state index contributed by atoms with van der Waals surface area (Å²) in [7, 11) is 0. The van der Waals surface area contributed by atoms with Crippen molar-refractivity contribution in [2.75, 3.05) is 0 Å². The molecule has 0 radical (unpaired) electrons. The molecular weight excluding hydrogens is 218 g/mol. The maximum absolute atomic E-state index is 10.5. The normalized spacial score (nSPS) is 10.6. The minimum absolute atomic E-state index is 0.386. The average molecular weight is 224 g/mol. The number of rotatable bonds is 3. The number of carbonyl (C=O) groups excluding carboxylic acids is 1. The van der Waals surface area contributed by atoms with Crippen molar-refractivity contribution in [2.24, 2.45) is 5.11 Å². The molecule has 0 saturated carbocycles. The molecule has 15 heavy (non-hydrogen) atoms. The summed E-state index contributed by atoms with van der Waals surface area (Å²) < 4.78 is 0. The van der Waals surface area contributed by atoms with E-state index in [0.29, 0.717) is 10.6 Å². The standard InChI is InChI=1S/C9H6ClN3O2/c10-7-4-2-1-3-6(7)5-8(9(14)15)12-13-11/h1-5,11H/b8-5-. The van der Waals surface area contributed by atoms with Crippen molar-refractivity contribution >= 4 is 23.6 Å². The van der Waals surface area contributed by atoms with Crippen LogP contribution in [0.5, 0.6) is 0 Å². The van der Waals surface area contributed by atoms with Crippen LogP contribution in [-0.2, 0) is 4.79 Å². The van der Waals surface area contributed by atoms with Crippen LogP contribution in [0, 0.1) is 5.53 Å². The Morgan fingerprint density at radius 2 is 2.20 bits per heavy atom. The van der Waals surface area contributed by atoms with Crippen molar-refractivity contribution < 1.29 is 9.90 Å². The number of nitrogens with zero attached hydrogens (tertiary/aromatic N) is 2. The Balaban J connectivity index is 3.19. The van der Waals surface area contributed by atoms with Gasteiger partial charge in [0.1, 0.15) is 5.53 Å². The molecule has 1 rings (SSSR count). The Morgan fingerprint density at radius 3 is 2.73 bits per heavy atom. The highest BCUT2D eigenvalue weighted by Gasteiger charge is 2.04. The lowest BCUT2D eigenvalue weighted by molar-refractivity contribution is -0.299. The molecule has 0 aliphatic carbocycles. The van der Waals surface area contributed by atoms with Gasteiger partial charge in [0.25, 0.3) is 0 Å². The molecule has 0 saturated heterocycles. The third kappa shape index (κ3) is 3.02. The fraction of sp³-hybridized carbons (Fsp3) is 0. The number of hydrogen-bond acceptors (Lipinski definition) is 4. The minimum atomic E-state index is -1.51. The van der Waals surface area contributed by atoms with Gasteiger partial charge in [-0.1, -0.05) is 29.8 Å². The van der Waals surface area contributed by atoms with E-state index in [0.717, 1.165) is 0 Å². The van der Waals surface area contributed by atoms with Crippen molar-refractivity contribution in [1.82, 2.24) is 4.91 Å². The Bertz CT molecular complexity index is 460. The van der Waals surface area contributed by atoms with Crippen LogP contribution in [0.4, 0.5) is 0 Å². The Hall–Kier alpha value is -1.97. The molecule has 0 spiro atoms. The summed E-state index contributed by atoms with van der Waals surface area (Å²) in [5.74, 6) is -1.51. The summed E-state index contributed by atoms with van der Waals surface area (Å²) in [6.45, 7) is 0. The molecule has 0 aliphatic heterocycles. The summed E-state index contributed by atoms with van der Waals surface area (Å²) >= 11 is 5.80. The molecule has 0 fully saturated rings. The molecule has 1 aromatic carbocycles. The van der Waals surface area contributed by atoms with Gasteiger partial charge in [-0.05, 0) is 17.7 Å². The molecule has 0 atom stereocenters. The first-order valence-electron chi connectivity index (χ1n) is 3.90. The third-order valence-corrected chi connectivity index (χ3v) is 1.91. The molecule has 6 heteroatoms. The van der Waals surface area contributed by atoms with E-state index in [1.807, 2.05) is 0 Å². The van der Waals surface area contributed by atoms with Gasteiger partial charge in [0.15, 0.2) is 10.8 Å². The van der Waals surface area contributed by atoms with Gasteiger partial charge in [0.2, 0.25) is 4.91 Å². The number of carboxylic acids is 1. The summed E-state index contributed by atoms with van der Waals surface area (Å²) in [6, 6.07) is 6.63. The first kappa shape index (κ1) is 11.1. The molecule has 0 amide bonds. The number of hydrogen-bond donors (Lipinski definition) is 1. The molecule has 0 aromatic heterocycles. The van der Waals surface area contributed by atoms with Crippen molar-refractivity contribution in [1.29, 1.82) is 5.53 Å². The second kappa shape index (κ2) is 5.05. The van der Waals surface area contributed by atoms with Crippen LogP contribution in [0.2, 0.25) is 5.02 Å². The molecule has 5 nitrogen and oxygen atoms in total. The quantitative estimate of drug-likeness (QED) is 0.470. The van der Waals surface area contributed by atoms with Gasteiger partial charge in [-0.25, -0.2) is 0 Å². The number of halogens is 1. The zero-order valence-corrected chi connectivity index (χ0v) is 8.23. The lowest BCUT2D eigenvalue weighted by atomic mass is 10.2. The molecule has 1 aromatic rings. The van der Waals surface area contributed by atoms with Gasteiger partial charge in [-0.15, -0.1) is 0 Å². The maximum atomic E-state index is 10.5. The van der Waals surface area contributed by atoms with Gasteiger partial charge in [0.05, 0.1) is 5.97 Å². The number of carbonyl (C=O) groups is 1. The van der Waals surface area contributed by atoms with Crippen LogP contribution in [0.3, 0.4) is 0 Å². The Morgan fingerprint density at radius 1 is 1.53 bits per heavy atom. The van der Waals surface area contributed by atoms with Crippen LogP contribution in [0.1, 0.15) is 5.56 Å². The molecule has 1 N–H and O–H groups in total. The number of aliphatic carboxylic acids is 1. The molecular formula is C9H6ClN3O2. The lowest BCUT2D eigenvalue weighted by Gasteiger charge is -1.98. The van der Waals surface area contributed by atoms with E-state index in [4.69, 9.17) is 17.1 Å². The first-order chi connectivity index (χ1) is 7.15. The SMILES string of the molecule is N=[N+]=N/C(=C\c1ccccc1Cl)C(=O)[O-]. The first-order valence-corrected chi connectivity index (χ1v) is 4.28. The van der Waals surface area contributed by atoms with Gasteiger partial charge in [-0.2, -0.15) is 0 Å². The number of nitrogens with one attached hydrogen (secondary N) is 1. The maximum Gasteiger partial charge on any atom is 0.220 e. The minimum Gasteiger partial charge on any atom is -0.543 e. The predicted molar refractivity (Wildman–Crippen MR) is 51.7 cm³/mol. The third-order valence-electron chi connectivity index (χ3n) is 1.56. The van der Waals surface area contributed by atoms with Crippen molar-refractivity contribution in [3.63, 3.8) is 0 Å². The smallest absolute Gasteiger partial charge is 0.220 e. The summed E-state index contributed by atoms with van der Waals surface area (Å²) in [4.78, 5) is 13.2. The van der Waals surface area contributed by atoms with Gasteiger partial charge in [0, 0.05) is 5.02 Å². The van der Waals surface area contributed by atoms with E-state index in [2.05, 4.69) is 10.0 Å². The second-order valence-electron chi connectivity index (χ2n) is 2.54.